The molecule has 4 heteroatoms. The van der Waals surface area contributed by atoms with Crippen LogP contribution in [0.4, 0.5) is 0 Å². The predicted octanol–water partition coefficient (Wildman–Crippen LogP) is 1.89. The fourth-order valence-corrected chi connectivity index (χ4v) is 1.87. The molecule has 4 nitrogen and oxygen atoms in total. The fraction of sp³-hybridized carbons (Fsp3) is 0.500. The summed E-state index contributed by atoms with van der Waals surface area (Å²) in [6.07, 6.45) is 1.44. The molecule has 0 aliphatic heterocycles. The van der Waals surface area contributed by atoms with Crippen LogP contribution in [0.25, 0.3) is 0 Å². The number of benzene rings is 1. The Morgan fingerprint density at radius 2 is 2.06 bits per heavy atom. The molecule has 1 unspecified atom stereocenters. The molecule has 98 valence electrons. The lowest BCUT2D eigenvalue weighted by Gasteiger charge is -2.18. The zero-order chi connectivity index (χ0) is 13.1. The van der Waals surface area contributed by atoms with E-state index in [0.29, 0.717) is 18.3 Å². The molecular formula is C14H19NO3. The summed E-state index contributed by atoms with van der Waals surface area (Å²) in [4.78, 5) is 11.2. The second-order valence-electron chi connectivity index (χ2n) is 4.85. The molecule has 0 heterocycles. The first-order chi connectivity index (χ1) is 8.58. The van der Waals surface area contributed by atoms with Crippen LogP contribution in [0, 0.1) is 13.8 Å². The molecule has 1 aromatic rings. The van der Waals surface area contributed by atoms with E-state index in [1.54, 1.807) is 0 Å². The Morgan fingerprint density at radius 1 is 1.44 bits per heavy atom. The average molecular weight is 249 g/mol. The van der Waals surface area contributed by atoms with Crippen molar-refractivity contribution in [2.75, 3.05) is 6.54 Å². The van der Waals surface area contributed by atoms with Gasteiger partial charge in [-0.15, -0.1) is 0 Å². The first-order valence-corrected chi connectivity index (χ1v) is 6.27. The minimum absolute atomic E-state index is 0.355. The maximum absolute atomic E-state index is 11.2. The molecule has 2 rings (SSSR count). The first-order valence-electron chi connectivity index (χ1n) is 6.27. The Bertz CT molecular complexity index is 420. The van der Waals surface area contributed by atoms with Gasteiger partial charge in [0.2, 0.25) is 6.10 Å². The minimum atomic E-state index is -0.925. The Hall–Kier alpha value is -1.55. The molecule has 0 saturated heterocycles. The minimum Gasteiger partial charge on any atom is -0.478 e. The van der Waals surface area contributed by atoms with Crippen molar-refractivity contribution in [2.24, 2.45) is 0 Å². The molecule has 0 spiro atoms. The van der Waals surface area contributed by atoms with Gasteiger partial charge in [-0.3, -0.25) is 0 Å². The zero-order valence-corrected chi connectivity index (χ0v) is 10.8. The third-order valence-corrected chi connectivity index (χ3v) is 3.11. The Morgan fingerprint density at radius 3 is 2.56 bits per heavy atom. The number of carbonyl (C=O) groups is 1. The molecule has 0 radical (unpaired) electrons. The van der Waals surface area contributed by atoms with E-state index < -0.39 is 12.1 Å². The quantitative estimate of drug-likeness (QED) is 0.808. The molecule has 18 heavy (non-hydrogen) atoms. The van der Waals surface area contributed by atoms with E-state index in [1.165, 1.54) is 0 Å². The van der Waals surface area contributed by atoms with Crippen LogP contribution in [-0.2, 0) is 4.79 Å². The highest BCUT2D eigenvalue weighted by Crippen LogP contribution is 2.24. The number of para-hydroxylation sites is 1. The number of carboxylic acid groups (broad SMARTS) is 1. The number of aliphatic carboxylic acids is 1. The summed E-state index contributed by atoms with van der Waals surface area (Å²) >= 11 is 0. The van der Waals surface area contributed by atoms with Gasteiger partial charge in [-0.1, -0.05) is 18.2 Å². The second-order valence-corrected chi connectivity index (χ2v) is 4.85. The molecular weight excluding hydrogens is 230 g/mol. The number of ether oxygens (including phenoxy) is 1. The van der Waals surface area contributed by atoms with Crippen molar-refractivity contribution >= 4 is 5.97 Å². The van der Waals surface area contributed by atoms with E-state index in [-0.39, 0.29) is 0 Å². The molecule has 1 aromatic carbocycles. The van der Waals surface area contributed by atoms with Gasteiger partial charge in [0.1, 0.15) is 5.75 Å². The molecule has 1 saturated carbocycles. The number of nitrogens with one attached hydrogen (secondary N) is 1. The molecule has 1 aliphatic rings. The van der Waals surface area contributed by atoms with Crippen molar-refractivity contribution < 1.29 is 14.6 Å². The lowest BCUT2D eigenvalue weighted by atomic mass is 10.1. The van der Waals surface area contributed by atoms with E-state index >= 15 is 0 Å². The van der Waals surface area contributed by atoms with Crippen molar-refractivity contribution in [2.45, 2.75) is 38.8 Å². The van der Waals surface area contributed by atoms with Gasteiger partial charge >= 0.3 is 5.97 Å². The molecule has 2 N–H and O–H groups in total. The van der Waals surface area contributed by atoms with Crippen LogP contribution in [0.2, 0.25) is 0 Å². The lowest BCUT2D eigenvalue weighted by Crippen LogP contribution is -2.39. The normalized spacial score (nSPS) is 16.3. The number of carboxylic acids is 1. The van der Waals surface area contributed by atoms with Gasteiger partial charge in [-0.2, -0.15) is 0 Å². The Labute approximate surface area is 107 Å². The molecule has 1 atom stereocenters. The number of hydrogen-bond acceptors (Lipinski definition) is 3. The van der Waals surface area contributed by atoms with Gasteiger partial charge < -0.3 is 15.2 Å². The van der Waals surface area contributed by atoms with Crippen molar-refractivity contribution in [3.05, 3.63) is 29.3 Å². The van der Waals surface area contributed by atoms with Gasteiger partial charge in [0, 0.05) is 12.6 Å². The molecule has 0 aromatic heterocycles. The van der Waals surface area contributed by atoms with E-state index in [1.807, 2.05) is 32.0 Å². The summed E-state index contributed by atoms with van der Waals surface area (Å²) < 4.78 is 5.65. The van der Waals surface area contributed by atoms with Crippen LogP contribution in [-0.4, -0.2) is 29.8 Å². The van der Waals surface area contributed by atoms with E-state index in [4.69, 9.17) is 4.74 Å². The van der Waals surface area contributed by atoms with E-state index in [0.717, 1.165) is 24.0 Å². The SMILES string of the molecule is Cc1cccc(C)c1OC(CNC1CC1)C(=O)O. The summed E-state index contributed by atoms with van der Waals surface area (Å²) in [6.45, 7) is 4.21. The van der Waals surface area contributed by atoms with Gasteiger partial charge in [0.05, 0.1) is 0 Å². The Kier molecular flexibility index (Phi) is 3.87. The highest BCUT2D eigenvalue weighted by Gasteiger charge is 2.26. The molecule has 0 amide bonds. The van der Waals surface area contributed by atoms with Crippen molar-refractivity contribution in [1.29, 1.82) is 0 Å². The average Bonchev–Trinajstić information content (AvgIpc) is 3.11. The largest absolute Gasteiger partial charge is 0.478 e. The van der Waals surface area contributed by atoms with Crippen LogP contribution in [0.3, 0.4) is 0 Å². The summed E-state index contributed by atoms with van der Waals surface area (Å²) in [5.41, 5.74) is 1.93. The molecule has 0 bridgehead atoms. The molecule has 1 fully saturated rings. The molecule has 1 aliphatic carbocycles. The Balaban J connectivity index is 2.04. The summed E-state index contributed by atoms with van der Waals surface area (Å²) in [5, 5.41) is 12.4. The van der Waals surface area contributed by atoms with Crippen molar-refractivity contribution in [3.63, 3.8) is 0 Å². The van der Waals surface area contributed by atoms with Gasteiger partial charge in [-0.25, -0.2) is 4.79 Å². The number of aryl methyl sites for hydroxylation is 2. The van der Waals surface area contributed by atoms with E-state index in [9.17, 15) is 9.90 Å². The summed E-state index contributed by atoms with van der Waals surface area (Å²) in [5.74, 6) is -0.242. The predicted molar refractivity (Wildman–Crippen MR) is 69.0 cm³/mol. The third-order valence-electron chi connectivity index (χ3n) is 3.11. The summed E-state index contributed by atoms with van der Waals surface area (Å²) in [7, 11) is 0. The third kappa shape index (κ3) is 3.23. The van der Waals surface area contributed by atoms with Crippen LogP contribution < -0.4 is 10.1 Å². The zero-order valence-electron chi connectivity index (χ0n) is 10.8. The highest BCUT2D eigenvalue weighted by molar-refractivity contribution is 5.73. The topological polar surface area (TPSA) is 58.6 Å². The van der Waals surface area contributed by atoms with Crippen LogP contribution in [0.1, 0.15) is 24.0 Å². The van der Waals surface area contributed by atoms with Crippen molar-refractivity contribution in [3.8, 4) is 5.75 Å². The smallest absolute Gasteiger partial charge is 0.346 e. The van der Waals surface area contributed by atoms with Gasteiger partial charge in [0.15, 0.2) is 0 Å². The van der Waals surface area contributed by atoms with E-state index in [2.05, 4.69) is 5.32 Å². The van der Waals surface area contributed by atoms with Gasteiger partial charge in [-0.05, 0) is 37.8 Å². The number of hydrogen-bond donors (Lipinski definition) is 2. The summed E-state index contributed by atoms with van der Waals surface area (Å²) in [6, 6.07) is 6.27. The van der Waals surface area contributed by atoms with Crippen LogP contribution in [0.15, 0.2) is 18.2 Å². The highest BCUT2D eigenvalue weighted by atomic mass is 16.5. The standard InChI is InChI=1S/C14H19NO3/c1-9-4-3-5-10(2)13(9)18-12(14(16)17)8-15-11-6-7-11/h3-5,11-12,15H,6-8H2,1-2H3,(H,16,17). The van der Waals surface area contributed by atoms with Crippen LogP contribution in [0.5, 0.6) is 5.75 Å². The first kappa shape index (κ1) is 12.9. The maximum atomic E-state index is 11.2. The fourth-order valence-electron chi connectivity index (χ4n) is 1.87. The van der Waals surface area contributed by atoms with Gasteiger partial charge in [0.25, 0.3) is 0 Å². The lowest BCUT2D eigenvalue weighted by molar-refractivity contribution is -0.144. The van der Waals surface area contributed by atoms with Crippen molar-refractivity contribution in [1.82, 2.24) is 5.32 Å². The second kappa shape index (κ2) is 5.40. The number of rotatable bonds is 6. The van der Waals surface area contributed by atoms with Crippen LogP contribution >= 0.6 is 0 Å². The maximum Gasteiger partial charge on any atom is 0.346 e. The monoisotopic (exact) mass is 249 g/mol.